The molecular formula is C20H31ClN2O2. The molecule has 0 radical (unpaired) electrons. The predicted molar refractivity (Wildman–Crippen MR) is 103 cm³/mol. The molecule has 25 heavy (non-hydrogen) atoms. The number of halogens is 1. The van der Waals surface area contributed by atoms with Crippen molar-refractivity contribution >= 4 is 18.3 Å². The standard InChI is InChI=1S/C20H30N2O2.ClH/c1-13-6-3-4-9-18(13)24-14(2)12-22-20(23)17-10-15-7-5-8-16(11-17)19(15)21;/h3-4,6,9,14-17,19H,5,7-8,10-12,21H2,1-2H3,(H,22,23);1H. The van der Waals surface area contributed by atoms with Crippen LogP contribution in [0.3, 0.4) is 0 Å². The van der Waals surface area contributed by atoms with Crippen LogP contribution in [0.2, 0.25) is 0 Å². The second-order valence-corrected chi connectivity index (χ2v) is 7.64. The van der Waals surface area contributed by atoms with E-state index in [1.54, 1.807) is 0 Å². The minimum atomic E-state index is -0.0413. The van der Waals surface area contributed by atoms with Crippen molar-refractivity contribution in [1.29, 1.82) is 0 Å². The van der Waals surface area contributed by atoms with Gasteiger partial charge in [-0.2, -0.15) is 0 Å². The number of rotatable bonds is 5. The van der Waals surface area contributed by atoms with Gasteiger partial charge in [0.15, 0.2) is 0 Å². The van der Waals surface area contributed by atoms with E-state index in [4.69, 9.17) is 10.5 Å². The lowest BCUT2D eigenvalue weighted by atomic mass is 9.65. The SMILES string of the molecule is Cc1ccccc1OC(C)CNC(=O)C1CC2CCCC(C1)C2N.Cl. The van der Waals surface area contributed by atoms with Crippen LogP contribution in [0.15, 0.2) is 24.3 Å². The van der Waals surface area contributed by atoms with Gasteiger partial charge in [-0.05, 0) is 63.0 Å². The molecule has 1 aromatic carbocycles. The third-order valence-corrected chi connectivity index (χ3v) is 5.77. The first-order valence-electron chi connectivity index (χ1n) is 9.30. The molecule has 2 aliphatic carbocycles. The number of fused-ring (bicyclic) bond motifs is 2. The number of carbonyl (C=O) groups excluding carboxylic acids is 1. The number of ether oxygens (including phenoxy) is 1. The molecule has 2 fully saturated rings. The van der Waals surface area contributed by atoms with Gasteiger partial charge in [-0.3, -0.25) is 4.79 Å². The largest absolute Gasteiger partial charge is 0.489 e. The van der Waals surface area contributed by atoms with E-state index in [0.29, 0.717) is 24.4 Å². The Morgan fingerprint density at radius 1 is 1.28 bits per heavy atom. The molecule has 0 heterocycles. The van der Waals surface area contributed by atoms with Gasteiger partial charge in [0, 0.05) is 12.0 Å². The molecular weight excluding hydrogens is 336 g/mol. The highest BCUT2D eigenvalue weighted by Crippen LogP contribution is 2.41. The summed E-state index contributed by atoms with van der Waals surface area (Å²) >= 11 is 0. The molecule has 5 heteroatoms. The van der Waals surface area contributed by atoms with Crippen molar-refractivity contribution in [3.8, 4) is 5.75 Å². The number of hydrogen-bond acceptors (Lipinski definition) is 3. The van der Waals surface area contributed by atoms with E-state index < -0.39 is 0 Å². The van der Waals surface area contributed by atoms with E-state index in [2.05, 4.69) is 5.32 Å². The monoisotopic (exact) mass is 366 g/mol. The van der Waals surface area contributed by atoms with Crippen molar-refractivity contribution in [2.45, 2.75) is 58.1 Å². The van der Waals surface area contributed by atoms with Crippen molar-refractivity contribution in [1.82, 2.24) is 5.32 Å². The fourth-order valence-corrected chi connectivity index (χ4v) is 4.34. The van der Waals surface area contributed by atoms with Gasteiger partial charge >= 0.3 is 0 Å². The van der Waals surface area contributed by atoms with E-state index in [0.717, 1.165) is 24.2 Å². The second-order valence-electron chi connectivity index (χ2n) is 7.64. The Kier molecular flexibility index (Phi) is 7.14. The number of para-hydroxylation sites is 1. The quantitative estimate of drug-likeness (QED) is 0.838. The Morgan fingerprint density at radius 2 is 1.92 bits per heavy atom. The van der Waals surface area contributed by atoms with Crippen LogP contribution in [0.25, 0.3) is 0 Å². The maximum absolute atomic E-state index is 12.6. The van der Waals surface area contributed by atoms with Gasteiger partial charge in [0.1, 0.15) is 11.9 Å². The maximum atomic E-state index is 12.6. The maximum Gasteiger partial charge on any atom is 0.223 e. The summed E-state index contributed by atoms with van der Waals surface area (Å²) in [5.41, 5.74) is 7.43. The Morgan fingerprint density at radius 3 is 2.56 bits per heavy atom. The third-order valence-electron chi connectivity index (χ3n) is 5.77. The van der Waals surface area contributed by atoms with Crippen LogP contribution >= 0.6 is 12.4 Å². The molecule has 3 unspecified atom stereocenters. The average molecular weight is 367 g/mol. The lowest BCUT2D eigenvalue weighted by molar-refractivity contribution is -0.128. The zero-order valence-corrected chi connectivity index (χ0v) is 16.1. The van der Waals surface area contributed by atoms with E-state index in [1.807, 2.05) is 38.1 Å². The molecule has 1 aromatic rings. The van der Waals surface area contributed by atoms with Gasteiger partial charge in [-0.25, -0.2) is 0 Å². The number of carbonyl (C=O) groups is 1. The number of hydrogen-bond donors (Lipinski definition) is 2. The minimum Gasteiger partial charge on any atom is -0.489 e. The van der Waals surface area contributed by atoms with Crippen molar-refractivity contribution < 1.29 is 9.53 Å². The van der Waals surface area contributed by atoms with Crippen molar-refractivity contribution in [3.05, 3.63) is 29.8 Å². The van der Waals surface area contributed by atoms with Crippen molar-refractivity contribution in [2.24, 2.45) is 23.5 Å². The van der Waals surface area contributed by atoms with Crippen LogP contribution in [0.4, 0.5) is 0 Å². The Hall–Kier alpha value is -1.26. The number of nitrogens with two attached hydrogens (primary N) is 1. The third kappa shape index (κ3) is 4.89. The Labute approximate surface area is 157 Å². The first-order valence-corrected chi connectivity index (χ1v) is 9.30. The zero-order valence-electron chi connectivity index (χ0n) is 15.2. The lowest BCUT2D eigenvalue weighted by Crippen LogP contribution is -2.49. The van der Waals surface area contributed by atoms with Crippen LogP contribution in [-0.4, -0.2) is 24.6 Å². The molecule has 2 bridgehead atoms. The molecule has 2 aliphatic rings. The first-order chi connectivity index (χ1) is 11.5. The highest BCUT2D eigenvalue weighted by Gasteiger charge is 2.40. The summed E-state index contributed by atoms with van der Waals surface area (Å²) in [6.45, 7) is 4.58. The molecule has 0 aliphatic heterocycles. The second kappa shape index (κ2) is 8.91. The van der Waals surface area contributed by atoms with Crippen LogP contribution in [0, 0.1) is 24.7 Å². The molecule has 3 rings (SSSR count). The van der Waals surface area contributed by atoms with Gasteiger partial charge in [-0.1, -0.05) is 24.6 Å². The van der Waals surface area contributed by atoms with Crippen LogP contribution in [-0.2, 0) is 4.79 Å². The molecule has 1 amide bonds. The normalized spacial score (nSPS) is 29.2. The number of amides is 1. The predicted octanol–water partition coefficient (Wildman–Crippen LogP) is 3.45. The topological polar surface area (TPSA) is 64.3 Å². The van der Waals surface area contributed by atoms with E-state index in [1.165, 1.54) is 19.3 Å². The van der Waals surface area contributed by atoms with E-state index >= 15 is 0 Å². The summed E-state index contributed by atoms with van der Waals surface area (Å²) in [5, 5.41) is 3.09. The Bertz CT molecular complexity index is 567. The summed E-state index contributed by atoms with van der Waals surface area (Å²) in [6, 6.07) is 8.28. The van der Waals surface area contributed by atoms with E-state index in [-0.39, 0.29) is 30.3 Å². The molecule has 3 N–H and O–H groups in total. The molecule has 2 saturated carbocycles. The van der Waals surface area contributed by atoms with Gasteiger partial charge in [0.2, 0.25) is 5.91 Å². The molecule has 0 saturated heterocycles. The van der Waals surface area contributed by atoms with Crippen LogP contribution in [0.1, 0.15) is 44.6 Å². The summed E-state index contributed by atoms with van der Waals surface area (Å²) in [7, 11) is 0. The summed E-state index contributed by atoms with van der Waals surface area (Å²) < 4.78 is 5.94. The van der Waals surface area contributed by atoms with Crippen LogP contribution < -0.4 is 15.8 Å². The Balaban J connectivity index is 0.00000225. The van der Waals surface area contributed by atoms with E-state index in [9.17, 15) is 4.79 Å². The number of nitrogens with one attached hydrogen (secondary N) is 1. The summed E-state index contributed by atoms with van der Waals surface area (Å²) in [5.74, 6) is 2.27. The van der Waals surface area contributed by atoms with Gasteiger partial charge in [-0.15, -0.1) is 12.4 Å². The van der Waals surface area contributed by atoms with Gasteiger partial charge in [0.05, 0.1) is 6.54 Å². The van der Waals surface area contributed by atoms with Gasteiger partial charge in [0.25, 0.3) is 0 Å². The molecule has 0 spiro atoms. The van der Waals surface area contributed by atoms with Crippen molar-refractivity contribution in [3.63, 3.8) is 0 Å². The minimum absolute atomic E-state index is 0. The highest BCUT2D eigenvalue weighted by molar-refractivity contribution is 5.85. The smallest absolute Gasteiger partial charge is 0.223 e. The summed E-state index contributed by atoms with van der Waals surface area (Å²) in [6.07, 6.45) is 5.52. The lowest BCUT2D eigenvalue weighted by Gasteiger charge is -2.43. The first kappa shape index (κ1) is 20.1. The van der Waals surface area contributed by atoms with Crippen LogP contribution in [0.5, 0.6) is 5.75 Å². The molecule has 4 nitrogen and oxygen atoms in total. The average Bonchev–Trinajstić information content (AvgIpc) is 2.54. The summed E-state index contributed by atoms with van der Waals surface area (Å²) in [4.78, 5) is 12.6. The fourth-order valence-electron chi connectivity index (χ4n) is 4.34. The number of aryl methyl sites for hydroxylation is 1. The molecule has 3 atom stereocenters. The number of benzene rings is 1. The highest BCUT2D eigenvalue weighted by atomic mass is 35.5. The molecule has 140 valence electrons. The molecule has 0 aromatic heterocycles. The fraction of sp³-hybridized carbons (Fsp3) is 0.650. The zero-order chi connectivity index (χ0) is 17.1. The van der Waals surface area contributed by atoms with Crippen molar-refractivity contribution in [2.75, 3.05) is 6.54 Å². The van der Waals surface area contributed by atoms with Gasteiger partial charge < -0.3 is 15.8 Å².